The van der Waals surface area contributed by atoms with E-state index >= 15 is 0 Å². The van der Waals surface area contributed by atoms with Gasteiger partial charge >= 0.3 is 39.5 Å². The van der Waals surface area contributed by atoms with Crippen LogP contribution in [0.25, 0.3) is 0 Å². The Balaban J connectivity index is 5.22. The van der Waals surface area contributed by atoms with Crippen molar-refractivity contribution in [3.05, 3.63) is 0 Å². The standard InChI is InChI=1S/C87H170O17P2/c1-6-9-12-15-18-21-24-27-28-29-30-31-35-38-42-46-51-56-61-66-71-85(90)98-77-83(104-87(92)73-68-63-58-53-48-43-39-36-33-32-34-37-41-44-49-54-59-64-69-80(4)5)79-102-106(95,96)100-75-81(88)74-99-105(93,94)101-78-82(76-97-84(89)70-65-60-55-50-45-26-23-20-17-14-11-8-3)103-86(91)72-67-62-57-52-47-40-25-22-19-16-13-10-7-2/h80-83,88H,6-79H2,1-5H3,(H,93,94)(H,95,96)/t81-,82+,83+/m0/s1. The van der Waals surface area contributed by atoms with E-state index in [4.69, 9.17) is 37.0 Å². The Bertz CT molecular complexity index is 2010. The Hall–Kier alpha value is -1.94. The van der Waals surface area contributed by atoms with Crippen LogP contribution in [0.4, 0.5) is 0 Å². The van der Waals surface area contributed by atoms with E-state index in [9.17, 15) is 43.2 Å². The lowest BCUT2D eigenvalue weighted by molar-refractivity contribution is -0.161. The highest BCUT2D eigenvalue weighted by Gasteiger charge is 2.30. The third-order valence-corrected chi connectivity index (χ3v) is 22.4. The summed E-state index contributed by atoms with van der Waals surface area (Å²) in [4.78, 5) is 73.2. The van der Waals surface area contributed by atoms with Crippen LogP contribution < -0.4 is 0 Å². The molecule has 106 heavy (non-hydrogen) atoms. The molecule has 0 saturated carbocycles. The average Bonchev–Trinajstić information content (AvgIpc) is 0.908. The SMILES string of the molecule is CCCCCCCCCCCCCCCCCCCCCCC(=O)OC[C@H](COP(=O)(O)OC[C@@H](O)COP(=O)(O)OC[C@@H](COC(=O)CCCCCCCCCCCCCC)OC(=O)CCCCCCCCCCCCCCC)OC(=O)CCCCCCCCCCCCCCCCCCCCC(C)C. The number of hydrogen-bond acceptors (Lipinski definition) is 15. The van der Waals surface area contributed by atoms with E-state index in [1.807, 2.05) is 0 Å². The largest absolute Gasteiger partial charge is 0.472 e. The molecule has 0 aliphatic heterocycles. The number of hydrogen-bond donors (Lipinski definition) is 3. The summed E-state index contributed by atoms with van der Waals surface area (Å²) in [5.41, 5.74) is 0. The third kappa shape index (κ3) is 80.1. The summed E-state index contributed by atoms with van der Waals surface area (Å²) in [7, 11) is -9.93. The van der Waals surface area contributed by atoms with E-state index in [-0.39, 0.29) is 25.7 Å². The minimum absolute atomic E-state index is 0.109. The summed E-state index contributed by atoms with van der Waals surface area (Å²) in [6.45, 7) is 7.41. The minimum Gasteiger partial charge on any atom is -0.462 e. The molecule has 0 amide bonds. The molecule has 0 fully saturated rings. The molecule has 3 N–H and O–H groups in total. The van der Waals surface area contributed by atoms with Gasteiger partial charge in [-0.3, -0.25) is 37.3 Å². The third-order valence-electron chi connectivity index (χ3n) is 20.5. The van der Waals surface area contributed by atoms with Crippen molar-refractivity contribution >= 4 is 39.5 Å². The number of rotatable bonds is 87. The molecule has 19 heteroatoms. The first-order valence-corrected chi connectivity index (χ1v) is 48.1. The molecule has 0 heterocycles. The Kier molecular flexibility index (Phi) is 78.2. The first-order valence-electron chi connectivity index (χ1n) is 45.1. The predicted octanol–water partition coefficient (Wildman–Crippen LogP) is 26.8. The van der Waals surface area contributed by atoms with Crippen LogP contribution in [0.5, 0.6) is 0 Å². The summed E-state index contributed by atoms with van der Waals surface area (Å²) < 4.78 is 68.9. The molecule has 2 unspecified atom stereocenters. The fraction of sp³-hybridized carbons (Fsp3) is 0.954. The second-order valence-corrected chi connectivity index (χ2v) is 34.7. The number of esters is 4. The van der Waals surface area contributed by atoms with Gasteiger partial charge in [0.1, 0.15) is 19.3 Å². The fourth-order valence-corrected chi connectivity index (χ4v) is 15.2. The summed E-state index contributed by atoms with van der Waals surface area (Å²) in [5.74, 6) is -1.28. The molecule has 0 aromatic carbocycles. The van der Waals surface area contributed by atoms with E-state index in [1.165, 1.54) is 295 Å². The number of phosphoric acid groups is 2. The van der Waals surface area contributed by atoms with Crippen molar-refractivity contribution in [2.24, 2.45) is 5.92 Å². The van der Waals surface area contributed by atoms with Gasteiger partial charge in [-0.05, 0) is 31.6 Å². The lowest BCUT2D eigenvalue weighted by Crippen LogP contribution is -2.30. The molecule has 0 aliphatic rings. The van der Waals surface area contributed by atoms with Crippen molar-refractivity contribution in [2.75, 3.05) is 39.6 Å². The first kappa shape index (κ1) is 104. The maximum Gasteiger partial charge on any atom is 0.472 e. The van der Waals surface area contributed by atoms with Crippen LogP contribution in [0, 0.1) is 5.92 Å². The van der Waals surface area contributed by atoms with Gasteiger partial charge in [0.05, 0.1) is 26.4 Å². The highest BCUT2D eigenvalue weighted by Crippen LogP contribution is 2.45. The second-order valence-electron chi connectivity index (χ2n) is 31.8. The number of ether oxygens (including phenoxy) is 4. The van der Waals surface area contributed by atoms with Crippen LogP contribution in [-0.4, -0.2) is 96.7 Å². The van der Waals surface area contributed by atoms with Gasteiger partial charge in [0.25, 0.3) is 0 Å². The van der Waals surface area contributed by atoms with Crippen LogP contribution in [-0.2, 0) is 65.4 Å². The smallest absolute Gasteiger partial charge is 0.462 e. The van der Waals surface area contributed by atoms with E-state index in [0.29, 0.717) is 25.7 Å². The zero-order valence-electron chi connectivity index (χ0n) is 69.6. The van der Waals surface area contributed by atoms with Crippen molar-refractivity contribution in [1.82, 2.24) is 0 Å². The van der Waals surface area contributed by atoms with Crippen molar-refractivity contribution in [3.63, 3.8) is 0 Å². The summed E-state index contributed by atoms with van der Waals surface area (Å²) in [6, 6.07) is 0. The number of unbranched alkanes of at least 4 members (excludes halogenated alkanes) is 59. The maximum absolute atomic E-state index is 13.2. The van der Waals surface area contributed by atoms with Crippen LogP contribution in [0.3, 0.4) is 0 Å². The Morgan fingerprint density at radius 2 is 0.434 bits per heavy atom. The monoisotopic (exact) mass is 1550 g/mol. The summed E-state index contributed by atoms with van der Waals surface area (Å²) in [5, 5.41) is 10.7. The van der Waals surface area contributed by atoms with Crippen LogP contribution in [0.1, 0.15) is 471 Å². The molecule has 0 bridgehead atoms. The van der Waals surface area contributed by atoms with Gasteiger partial charge in [0.15, 0.2) is 12.2 Å². The van der Waals surface area contributed by atoms with E-state index < -0.39 is 97.5 Å². The number of phosphoric ester groups is 2. The number of aliphatic hydroxyl groups excluding tert-OH is 1. The zero-order chi connectivity index (χ0) is 77.6. The van der Waals surface area contributed by atoms with Gasteiger partial charge in [-0.1, -0.05) is 420 Å². The first-order chi connectivity index (χ1) is 51.5. The Morgan fingerprint density at radius 3 is 0.642 bits per heavy atom. The molecular weight excluding hydrogens is 1380 g/mol. The molecule has 0 aromatic heterocycles. The molecule has 0 saturated heterocycles. The molecule has 0 aliphatic carbocycles. The fourth-order valence-electron chi connectivity index (χ4n) is 13.6. The zero-order valence-corrected chi connectivity index (χ0v) is 71.4. The average molecular weight is 1550 g/mol. The highest BCUT2D eigenvalue weighted by molar-refractivity contribution is 7.47. The van der Waals surface area contributed by atoms with Gasteiger partial charge < -0.3 is 33.8 Å². The van der Waals surface area contributed by atoms with E-state index in [2.05, 4.69) is 34.6 Å². The van der Waals surface area contributed by atoms with Crippen molar-refractivity contribution < 1.29 is 80.2 Å². The van der Waals surface area contributed by atoms with Gasteiger partial charge in [-0.2, -0.15) is 0 Å². The van der Waals surface area contributed by atoms with Gasteiger partial charge in [-0.15, -0.1) is 0 Å². The van der Waals surface area contributed by atoms with Crippen LogP contribution >= 0.6 is 15.6 Å². The van der Waals surface area contributed by atoms with Crippen molar-refractivity contribution in [3.8, 4) is 0 Å². The number of carbonyl (C=O) groups excluding carboxylic acids is 4. The normalized spacial score (nSPS) is 13.7. The molecule has 5 atom stereocenters. The van der Waals surface area contributed by atoms with Crippen molar-refractivity contribution in [2.45, 2.75) is 490 Å². The molecule has 0 radical (unpaired) electrons. The van der Waals surface area contributed by atoms with Gasteiger partial charge in [-0.25, -0.2) is 9.13 Å². The number of carbonyl (C=O) groups is 4. The summed E-state index contributed by atoms with van der Waals surface area (Å²) in [6.07, 6.45) is 73.6. The maximum atomic E-state index is 13.2. The highest BCUT2D eigenvalue weighted by atomic mass is 31.2. The number of aliphatic hydroxyl groups is 1. The van der Waals surface area contributed by atoms with Crippen LogP contribution in [0.15, 0.2) is 0 Å². The minimum atomic E-state index is -4.97. The van der Waals surface area contributed by atoms with Gasteiger partial charge in [0, 0.05) is 25.7 Å². The van der Waals surface area contributed by atoms with Crippen LogP contribution in [0.2, 0.25) is 0 Å². The molecule has 0 rings (SSSR count). The topological polar surface area (TPSA) is 237 Å². The Morgan fingerprint density at radius 1 is 0.255 bits per heavy atom. The Labute approximate surface area is 651 Å². The molecule has 0 aromatic rings. The van der Waals surface area contributed by atoms with Crippen molar-refractivity contribution in [1.29, 1.82) is 0 Å². The second kappa shape index (κ2) is 79.7. The van der Waals surface area contributed by atoms with E-state index in [0.717, 1.165) is 95.8 Å². The molecule has 630 valence electrons. The molecule has 17 nitrogen and oxygen atoms in total. The molecule has 0 spiro atoms. The lowest BCUT2D eigenvalue weighted by atomic mass is 10.0. The van der Waals surface area contributed by atoms with Gasteiger partial charge in [0.2, 0.25) is 0 Å². The quantitative estimate of drug-likeness (QED) is 0.0222. The van der Waals surface area contributed by atoms with E-state index in [1.54, 1.807) is 0 Å². The lowest BCUT2D eigenvalue weighted by Gasteiger charge is -2.21. The summed E-state index contributed by atoms with van der Waals surface area (Å²) >= 11 is 0. The predicted molar refractivity (Wildman–Crippen MR) is 437 cm³/mol. The molecular formula is C87H170O17P2.